The summed E-state index contributed by atoms with van der Waals surface area (Å²) in [7, 11) is 0. The summed E-state index contributed by atoms with van der Waals surface area (Å²) in [4.78, 5) is 2.69. The van der Waals surface area contributed by atoms with Gasteiger partial charge in [0.25, 0.3) is 0 Å². The normalized spacial score (nSPS) is 28.2. The van der Waals surface area contributed by atoms with E-state index in [1.165, 1.54) is 24.9 Å². The number of nitrogens with zero attached hydrogens (tertiary/aromatic N) is 1. The van der Waals surface area contributed by atoms with E-state index in [1.54, 1.807) is 0 Å². The first kappa shape index (κ1) is 12.2. The molecule has 1 aromatic carbocycles. The molecule has 1 heterocycles. The minimum absolute atomic E-state index is 0.299. The van der Waals surface area contributed by atoms with Crippen LogP contribution >= 0.6 is 0 Å². The van der Waals surface area contributed by atoms with Gasteiger partial charge >= 0.3 is 0 Å². The molecule has 1 N–H and O–H groups in total. The lowest BCUT2D eigenvalue weighted by Gasteiger charge is -2.46. The van der Waals surface area contributed by atoms with Crippen molar-refractivity contribution < 1.29 is 0 Å². The van der Waals surface area contributed by atoms with Crippen molar-refractivity contribution in [3.8, 4) is 0 Å². The fourth-order valence-corrected chi connectivity index (χ4v) is 2.86. The van der Waals surface area contributed by atoms with E-state index in [2.05, 4.69) is 54.4 Å². The largest absolute Gasteiger partial charge is 0.307 e. The van der Waals surface area contributed by atoms with Gasteiger partial charge in [-0.2, -0.15) is 0 Å². The van der Waals surface area contributed by atoms with Crippen molar-refractivity contribution in [3.63, 3.8) is 0 Å². The van der Waals surface area contributed by atoms with Crippen LogP contribution in [0.4, 0.5) is 0 Å². The molecule has 2 aliphatic rings. The van der Waals surface area contributed by atoms with Crippen LogP contribution in [0.2, 0.25) is 0 Å². The van der Waals surface area contributed by atoms with Gasteiger partial charge in [0, 0.05) is 31.2 Å². The first-order chi connectivity index (χ1) is 8.65. The van der Waals surface area contributed by atoms with E-state index in [9.17, 15) is 0 Å². The summed E-state index contributed by atoms with van der Waals surface area (Å²) in [5.41, 5.74) is 1.72. The number of hydrogen-bond donors (Lipinski definition) is 1. The van der Waals surface area contributed by atoms with Crippen LogP contribution in [0, 0.1) is 5.92 Å². The van der Waals surface area contributed by atoms with Gasteiger partial charge in [0.15, 0.2) is 0 Å². The molecule has 1 aliphatic heterocycles. The van der Waals surface area contributed by atoms with Crippen molar-refractivity contribution in [1.29, 1.82) is 0 Å². The SMILES string of the molecule is CC1(C)CNC(c2ccccc2)CN1CC1CC1. The second kappa shape index (κ2) is 4.67. The molecule has 1 aliphatic carbocycles. The standard InChI is InChI=1S/C16H24N2/c1-16(2)12-17-15(14-6-4-3-5-7-14)11-18(16)10-13-8-9-13/h3-7,13,15,17H,8-12H2,1-2H3. The molecule has 2 nitrogen and oxygen atoms in total. The van der Waals surface area contributed by atoms with Crippen LogP contribution in [-0.2, 0) is 0 Å². The third-order valence-corrected chi connectivity index (χ3v) is 4.42. The highest BCUT2D eigenvalue weighted by atomic mass is 15.3. The number of nitrogens with one attached hydrogen (secondary N) is 1. The maximum atomic E-state index is 3.71. The lowest BCUT2D eigenvalue weighted by Crippen LogP contribution is -2.59. The lowest BCUT2D eigenvalue weighted by atomic mass is 9.94. The predicted molar refractivity (Wildman–Crippen MR) is 75.6 cm³/mol. The van der Waals surface area contributed by atoms with Crippen LogP contribution in [-0.4, -0.2) is 30.1 Å². The summed E-state index contributed by atoms with van der Waals surface area (Å²) in [6.45, 7) is 8.25. The molecule has 1 unspecified atom stereocenters. The van der Waals surface area contributed by atoms with Crippen molar-refractivity contribution in [2.75, 3.05) is 19.6 Å². The van der Waals surface area contributed by atoms with Gasteiger partial charge in [-0.1, -0.05) is 30.3 Å². The van der Waals surface area contributed by atoms with Crippen molar-refractivity contribution >= 4 is 0 Å². The average Bonchev–Trinajstić information content (AvgIpc) is 3.17. The van der Waals surface area contributed by atoms with Crippen LogP contribution in [0.3, 0.4) is 0 Å². The smallest absolute Gasteiger partial charge is 0.0450 e. The topological polar surface area (TPSA) is 15.3 Å². The Labute approximate surface area is 110 Å². The van der Waals surface area contributed by atoms with Crippen LogP contribution in [0.25, 0.3) is 0 Å². The van der Waals surface area contributed by atoms with Crippen LogP contribution < -0.4 is 5.32 Å². The quantitative estimate of drug-likeness (QED) is 0.879. The highest BCUT2D eigenvalue weighted by molar-refractivity contribution is 5.20. The molecule has 0 amide bonds. The van der Waals surface area contributed by atoms with E-state index in [0.29, 0.717) is 11.6 Å². The fourth-order valence-electron chi connectivity index (χ4n) is 2.86. The maximum Gasteiger partial charge on any atom is 0.0450 e. The average molecular weight is 244 g/mol. The van der Waals surface area contributed by atoms with Gasteiger partial charge in [0.2, 0.25) is 0 Å². The van der Waals surface area contributed by atoms with Gasteiger partial charge in [-0.3, -0.25) is 4.90 Å². The Morgan fingerprint density at radius 3 is 2.61 bits per heavy atom. The van der Waals surface area contributed by atoms with E-state index in [4.69, 9.17) is 0 Å². The molecular weight excluding hydrogens is 220 g/mol. The summed E-state index contributed by atoms with van der Waals surface area (Å²) in [5, 5.41) is 3.71. The molecule has 2 heteroatoms. The number of rotatable bonds is 3. The summed E-state index contributed by atoms with van der Waals surface area (Å²) in [6, 6.07) is 11.4. The number of hydrogen-bond acceptors (Lipinski definition) is 2. The predicted octanol–water partition coefficient (Wildman–Crippen LogP) is 2.82. The van der Waals surface area contributed by atoms with Gasteiger partial charge in [-0.25, -0.2) is 0 Å². The monoisotopic (exact) mass is 244 g/mol. The molecule has 1 atom stereocenters. The molecule has 0 bridgehead atoms. The second-order valence-corrected chi connectivity index (χ2v) is 6.50. The molecule has 3 rings (SSSR count). The van der Waals surface area contributed by atoms with Gasteiger partial charge < -0.3 is 5.32 Å². The van der Waals surface area contributed by atoms with E-state index in [-0.39, 0.29) is 0 Å². The van der Waals surface area contributed by atoms with E-state index in [1.807, 2.05) is 0 Å². The first-order valence-electron chi connectivity index (χ1n) is 7.18. The van der Waals surface area contributed by atoms with Gasteiger partial charge in [-0.15, -0.1) is 0 Å². The van der Waals surface area contributed by atoms with Crippen molar-refractivity contribution in [1.82, 2.24) is 10.2 Å². The third kappa shape index (κ3) is 2.60. The zero-order valence-electron chi connectivity index (χ0n) is 11.5. The summed E-state index contributed by atoms with van der Waals surface area (Å²) in [5.74, 6) is 0.971. The summed E-state index contributed by atoms with van der Waals surface area (Å²) < 4.78 is 0. The molecule has 18 heavy (non-hydrogen) atoms. The van der Waals surface area contributed by atoms with Gasteiger partial charge in [0.05, 0.1) is 0 Å². The molecule has 98 valence electrons. The summed E-state index contributed by atoms with van der Waals surface area (Å²) >= 11 is 0. The van der Waals surface area contributed by atoms with Crippen LogP contribution in [0.1, 0.15) is 38.3 Å². The molecule has 0 aromatic heterocycles. The van der Waals surface area contributed by atoms with Gasteiger partial charge in [-0.05, 0) is 38.2 Å². The Balaban J connectivity index is 1.72. The molecule has 1 aromatic rings. The molecule has 1 saturated carbocycles. The third-order valence-electron chi connectivity index (χ3n) is 4.42. The first-order valence-corrected chi connectivity index (χ1v) is 7.18. The molecule has 0 radical (unpaired) electrons. The second-order valence-electron chi connectivity index (χ2n) is 6.50. The zero-order chi connectivity index (χ0) is 12.6. The molecular formula is C16H24N2. The van der Waals surface area contributed by atoms with E-state index >= 15 is 0 Å². The number of benzene rings is 1. The zero-order valence-corrected chi connectivity index (χ0v) is 11.5. The Hall–Kier alpha value is -0.860. The fraction of sp³-hybridized carbons (Fsp3) is 0.625. The van der Waals surface area contributed by atoms with Crippen molar-refractivity contribution in [3.05, 3.63) is 35.9 Å². The van der Waals surface area contributed by atoms with E-state index in [0.717, 1.165) is 19.0 Å². The lowest BCUT2D eigenvalue weighted by molar-refractivity contribution is 0.0613. The van der Waals surface area contributed by atoms with Crippen LogP contribution in [0.15, 0.2) is 30.3 Å². The van der Waals surface area contributed by atoms with Crippen molar-refractivity contribution in [2.45, 2.75) is 38.3 Å². The molecule has 0 spiro atoms. The number of piperazine rings is 1. The minimum Gasteiger partial charge on any atom is -0.307 e. The Kier molecular flexibility index (Phi) is 3.16. The summed E-state index contributed by atoms with van der Waals surface area (Å²) in [6.07, 6.45) is 2.88. The van der Waals surface area contributed by atoms with Crippen LogP contribution in [0.5, 0.6) is 0 Å². The maximum absolute atomic E-state index is 3.71. The Morgan fingerprint density at radius 2 is 1.94 bits per heavy atom. The van der Waals surface area contributed by atoms with E-state index < -0.39 is 0 Å². The van der Waals surface area contributed by atoms with Gasteiger partial charge in [0.1, 0.15) is 0 Å². The Bertz CT molecular complexity index is 395. The molecule has 1 saturated heterocycles. The van der Waals surface area contributed by atoms with Crippen molar-refractivity contribution in [2.24, 2.45) is 5.92 Å². The highest BCUT2D eigenvalue weighted by Gasteiger charge is 2.37. The molecule has 2 fully saturated rings. The highest BCUT2D eigenvalue weighted by Crippen LogP contribution is 2.34. The minimum atomic E-state index is 0.299. The Morgan fingerprint density at radius 1 is 1.22 bits per heavy atom.